The number of rotatable bonds is 4. The minimum Gasteiger partial charge on any atom is -0.496 e. The minimum absolute atomic E-state index is 0.214. The summed E-state index contributed by atoms with van der Waals surface area (Å²) < 4.78 is 6.97. The zero-order chi connectivity index (χ0) is 14.7. The van der Waals surface area contributed by atoms with Crippen LogP contribution in [0.2, 0.25) is 0 Å². The molecule has 2 aromatic rings. The highest BCUT2D eigenvalue weighted by Crippen LogP contribution is 2.29. The number of amides is 1. The first-order valence-corrected chi connectivity index (χ1v) is 6.29. The number of methoxy groups -OCH3 is 1. The number of hydrogen-bond acceptors (Lipinski definition) is 4. The lowest BCUT2D eigenvalue weighted by atomic mass is 10.1. The summed E-state index contributed by atoms with van der Waals surface area (Å²) in [5.74, 6) is 0.475. The molecule has 0 bridgehead atoms. The number of hydrogen-bond donors (Lipinski definition) is 2. The highest BCUT2D eigenvalue weighted by atomic mass is 16.5. The zero-order valence-corrected chi connectivity index (χ0v) is 11.8. The molecule has 1 aromatic carbocycles. The van der Waals surface area contributed by atoms with E-state index in [0.29, 0.717) is 11.4 Å². The third kappa shape index (κ3) is 2.50. The van der Waals surface area contributed by atoms with Crippen LogP contribution in [-0.4, -0.2) is 29.8 Å². The van der Waals surface area contributed by atoms with Crippen molar-refractivity contribution in [2.45, 2.75) is 13.0 Å². The first-order valence-electron chi connectivity index (χ1n) is 6.29. The van der Waals surface area contributed by atoms with Gasteiger partial charge < -0.3 is 15.8 Å². The maximum Gasteiger partial charge on any atom is 0.271 e. The van der Waals surface area contributed by atoms with Crippen LogP contribution >= 0.6 is 0 Å². The van der Waals surface area contributed by atoms with Crippen molar-refractivity contribution in [3.8, 4) is 11.4 Å². The van der Waals surface area contributed by atoms with E-state index in [1.165, 1.54) is 0 Å². The molecule has 106 valence electrons. The smallest absolute Gasteiger partial charge is 0.271 e. The van der Waals surface area contributed by atoms with Crippen LogP contribution in [0.5, 0.6) is 5.75 Å². The highest BCUT2D eigenvalue weighted by Gasteiger charge is 2.16. The van der Waals surface area contributed by atoms with Crippen molar-refractivity contribution in [3.63, 3.8) is 0 Å². The predicted molar refractivity (Wildman–Crippen MR) is 76.1 cm³/mol. The molecule has 2 rings (SSSR count). The molecule has 0 radical (unpaired) electrons. The second-order valence-electron chi connectivity index (χ2n) is 4.41. The fourth-order valence-corrected chi connectivity index (χ4v) is 2.08. The van der Waals surface area contributed by atoms with Crippen LogP contribution in [-0.2, 0) is 0 Å². The lowest BCUT2D eigenvalue weighted by molar-refractivity contribution is 0.0957. The van der Waals surface area contributed by atoms with Crippen LogP contribution in [0.15, 0.2) is 30.5 Å². The summed E-state index contributed by atoms with van der Waals surface area (Å²) >= 11 is 0. The van der Waals surface area contributed by atoms with E-state index in [2.05, 4.69) is 10.4 Å². The summed E-state index contributed by atoms with van der Waals surface area (Å²) in [5, 5.41) is 6.81. The largest absolute Gasteiger partial charge is 0.496 e. The van der Waals surface area contributed by atoms with Crippen molar-refractivity contribution in [2.24, 2.45) is 5.73 Å². The molecule has 1 atom stereocenters. The normalized spacial score (nSPS) is 12.0. The fraction of sp³-hybridized carbons (Fsp3) is 0.286. The van der Waals surface area contributed by atoms with E-state index in [4.69, 9.17) is 10.5 Å². The summed E-state index contributed by atoms with van der Waals surface area (Å²) in [6.45, 7) is 1.88. The second kappa shape index (κ2) is 5.75. The molecule has 0 aliphatic carbocycles. The number of nitrogens with one attached hydrogen (secondary N) is 1. The van der Waals surface area contributed by atoms with Gasteiger partial charge in [-0.3, -0.25) is 4.79 Å². The number of nitrogens with two attached hydrogens (primary N) is 1. The van der Waals surface area contributed by atoms with Crippen LogP contribution < -0.4 is 15.8 Å². The van der Waals surface area contributed by atoms with Gasteiger partial charge >= 0.3 is 0 Å². The molecule has 0 aliphatic heterocycles. The number of aromatic nitrogens is 2. The van der Waals surface area contributed by atoms with E-state index >= 15 is 0 Å². The molecule has 0 unspecified atom stereocenters. The molecule has 1 aromatic heterocycles. The third-order valence-electron chi connectivity index (χ3n) is 3.01. The van der Waals surface area contributed by atoms with Crippen LogP contribution in [0, 0.1) is 0 Å². The Morgan fingerprint density at radius 1 is 1.45 bits per heavy atom. The lowest BCUT2D eigenvalue weighted by Gasteiger charge is -2.16. The number of carbonyl (C=O) groups excluding carboxylic acids is 1. The van der Waals surface area contributed by atoms with E-state index in [1.54, 1.807) is 31.1 Å². The van der Waals surface area contributed by atoms with Gasteiger partial charge in [-0.1, -0.05) is 6.07 Å². The van der Waals surface area contributed by atoms with Crippen molar-refractivity contribution >= 4 is 5.91 Å². The Bertz CT molecular complexity index is 619. The van der Waals surface area contributed by atoms with E-state index in [9.17, 15) is 4.79 Å². The molecule has 0 spiro atoms. The van der Waals surface area contributed by atoms with Crippen LogP contribution in [0.25, 0.3) is 5.69 Å². The third-order valence-corrected chi connectivity index (χ3v) is 3.01. The summed E-state index contributed by atoms with van der Waals surface area (Å²) in [7, 11) is 3.17. The Morgan fingerprint density at radius 3 is 2.80 bits per heavy atom. The molecule has 6 heteroatoms. The summed E-state index contributed by atoms with van der Waals surface area (Å²) in [4.78, 5) is 11.6. The molecular formula is C14H18N4O2. The molecule has 0 saturated heterocycles. The number of ether oxygens (including phenoxy) is 1. The van der Waals surface area contributed by atoms with Crippen LogP contribution in [0.1, 0.15) is 29.0 Å². The van der Waals surface area contributed by atoms with Gasteiger partial charge in [0.05, 0.1) is 12.8 Å². The Labute approximate surface area is 117 Å². The average molecular weight is 274 g/mol. The van der Waals surface area contributed by atoms with Gasteiger partial charge in [0.2, 0.25) is 0 Å². The van der Waals surface area contributed by atoms with Gasteiger partial charge in [-0.15, -0.1) is 0 Å². The predicted octanol–water partition coefficient (Wildman–Crippen LogP) is 1.26. The van der Waals surface area contributed by atoms with E-state index in [-0.39, 0.29) is 11.9 Å². The molecule has 0 fully saturated rings. The van der Waals surface area contributed by atoms with Gasteiger partial charge in [0.25, 0.3) is 5.91 Å². The van der Waals surface area contributed by atoms with E-state index < -0.39 is 0 Å². The molecular weight excluding hydrogens is 256 g/mol. The number of benzene rings is 1. The van der Waals surface area contributed by atoms with Gasteiger partial charge in [0.1, 0.15) is 5.75 Å². The zero-order valence-electron chi connectivity index (χ0n) is 11.8. The van der Waals surface area contributed by atoms with Crippen molar-refractivity contribution in [1.82, 2.24) is 15.1 Å². The molecule has 20 heavy (non-hydrogen) atoms. The monoisotopic (exact) mass is 274 g/mol. The summed E-state index contributed by atoms with van der Waals surface area (Å²) in [6.07, 6.45) is 1.73. The standard InChI is InChI=1S/C14H18N4O2/c1-9(15)13-11(5-4-6-12(13)20-3)18-8-7-10(17-18)14(19)16-2/h4-9H,15H2,1-3H3,(H,16,19)/t9-/m0/s1. The summed E-state index contributed by atoms with van der Waals surface area (Å²) in [5.41, 5.74) is 8.02. The van der Waals surface area contributed by atoms with Gasteiger partial charge in [0, 0.05) is 24.8 Å². The van der Waals surface area contributed by atoms with Crippen LogP contribution in [0.4, 0.5) is 0 Å². The Kier molecular flexibility index (Phi) is 4.05. The Hall–Kier alpha value is -2.34. The lowest BCUT2D eigenvalue weighted by Crippen LogP contribution is -2.19. The van der Waals surface area contributed by atoms with E-state index in [0.717, 1.165) is 11.3 Å². The molecule has 6 nitrogen and oxygen atoms in total. The second-order valence-corrected chi connectivity index (χ2v) is 4.41. The van der Waals surface area contributed by atoms with Gasteiger partial charge in [0.15, 0.2) is 5.69 Å². The number of nitrogens with zero attached hydrogens (tertiary/aromatic N) is 2. The quantitative estimate of drug-likeness (QED) is 0.879. The van der Waals surface area contributed by atoms with Gasteiger partial charge in [-0.2, -0.15) is 5.10 Å². The molecule has 1 heterocycles. The van der Waals surface area contributed by atoms with Crippen molar-refractivity contribution in [1.29, 1.82) is 0 Å². The van der Waals surface area contributed by atoms with Crippen LogP contribution in [0.3, 0.4) is 0 Å². The maximum absolute atomic E-state index is 11.6. The highest BCUT2D eigenvalue weighted by molar-refractivity contribution is 5.91. The maximum atomic E-state index is 11.6. The minimum atomic E-state index is -0.228. The fourth-order valence-electron chi connectivity index (χ4n) is 2.08. The van der Waals surface area contributed by atoms with Crippen molar-refractivity contribution in [2.75, 3.05) is 14.2 Å². The van der Waals surface area contributed by atoms with Crippen molar-refractivity contribution in [3.05, 3.63) is 41.7 Å². The number of carbonyl (C=O) groups is 1. The van der Waals surface area contributed by atoms with Crippen molar-refractivity contribution < 1.29 is 9.53 Å². The molecule has 0 aliphatic rings. The molecule has 1 amide bonds. The first kappa shape index (κ1) is 14.1. The first-order chi connectivity index (χ1) is 9.58. The van der Waals surface area contributed by atoms with E-state index in [1.807, 2.05) is 25.1 Å². The topological polar surface area (TPSA) is 82.2 Å². The molecule has 0 saturated carbocycles. The molecule has 3 N–H and O–H groups in total. The Balaban J connectivity index is 2.52. The Morgan fingerprint density at radius 2 is 2.20 bits per heavy atom. The van der Waals surface area contributed by atoms with Gasteiger partial charge in [-0.25, -0.2) is 4.68 Å². The average Bonchev–Trinajstić information content (AvgIpc) is 2.95. The van der Waals surface area contributed by atoms with Gasteiger partial charge in [-0.05, 0) is 25.1 Å². The summed E-state index contributed by atoms with van der Waals surface area (Å²) in [6, 6.07) is 7.05. The SMILES string of the molecule is CNC(=O)c1ccn(-c2cccc(OC)c2[C@H](C)N)n1.